The summed E-state index contributed by atoms with van der Waals surface area (Å²) in [5, 5.41) is 0. The third kappa shape index (κ3) is 5.16. The molecule has 1 aromatic carbocycles. The fourth-order valence-corrected chi connectivity index (χ4v) is 5.19. The second-order valence-corrected chi connectivity index (χ2v) is 9.76. The minimum absolute atomic E-state index is 0.00901. The number of benzene rings is 1. The summed E-state index contributed by atoms with van der Waals surface area (Å²) in [6.07, 6.45) is 8.39. The Morgan fingerprint density at radius 1 is 1.20 bits per heavy atom. The van der Waals surface area contributed by atoms with Gasteiger partial charge in [0.1, 0.15) is 0 Å². The van der Waals surface area contributed by atoms with Gasteiger partial charge in [-0.1, -0.05) is 28.1 Å². The van der Waals surface area contributed by atoms with Crippen LogP contribution in [0.15, 0.2) is 40.4 Å². The van der Waals surface area contributed by atoms with Crippen LogP contribution in [0.5, 0.6) is 0 Å². The second kappa shape index (κ2) is 9.94. The summed E-state index contributed by atoms with van der Waals surface area (Å²) in [7, 11) is 3.41. The van der Waals surface area contributed by atoms with Gasteiger partial charge in [-0.15, -0.1) is 0 Å². The number of hydrogen-bond acceptors (Lipinski definition) is 4. The van der Waals surface area contributed by atoms with E-state index in [1.165, 1.54) is 25.8 Å². The fraction of sp³-hybridized carbons (Fsp3) is 0.625. The number of rotatable bonds is 8. The summed E-state index contributed by atoms with van der Waals surface area (Å²) < 4.78 is 12.2. The van der Waals surface area contributed by atoms with Crippen molar-refractivity contribution in [1.29, 1.82) is 0 Å². The molecule has 1 heterocycles. The highest BCUT2D eigenvalue weighted by Crippen LogP contribution is 2.34. The Labute approximate surface area is 188 Å². The molecule has 4 rings (SSSR count). The molecule has 30 heavy (non-hydrogen) atoms. The van der Waals surface area contributed by atoms with E-state index in [9.17, 15) is 4.79 Å². The van der Waals surface area contributed by atoms with Crippen molar-refractivity contribution in [3.63, 3.8) is 0 Å². The van der Waals surface area contributed by atoms with Crippen molar-refractivity contribution in [2.75, 3.05) is 38.8 Å². The molecular formula is C24H33BrN2O3. The van der Waals surface area contributed by atoms with E-state index in [-0.39, 0.29) is 18.1 Å². The molecule has 1 aromatic rings. The largest absolute Gasteiger partial charge is 0.378 e. The first-order valence-electron chi connectivity index (χ1n) is 11.1. The highest BCUT2D eigenvalue weighted by atomic mass is 79.9. The van der Waals surface area contributed by atoms with Crippen LogP contribution < -0.4 is 4.90 Å². The minimum Gasteiger partial charge on any atom is -0.378 e. The lowest BCUT2D eigenvalue weighted by Crippen LogP contribution is -2.45. The van der Waals surface area contributed by atoms with E-state index in [4.69, 9.17) is 9.47 Å². The lowest BCUT2D eigenvalue weighted by molar-refractivity contribution is -0.116. The van der Waals surface area contributed by atoms with Crippen molar-refractivity contribution in [1.82, 2.24) is 4.90 Å². The molecule has 2 aliphatic carbocycles. The average molecular weight is 477 g/mol. The molecule has 1 saturated carbocycles. The zero-order valence-electron chi connectivity index (χ0n) is 18.1. The van der Waals surface area contributed by atoms with Gasteiger partial charge in [-0.3, -0.25) is 9.69 Å². The van der Waals surface area contributed by atoms with Crippen LogP contribution in [0.3, 0.4) is 0 Å². The van der Waals surface area contributed by atoms with Gasteiger partial charge in [0.05, 0.1) is 12.2 Å². The summed E-state index contributed by atoms with van der Waals surface area (Å²) in [4.78, 5) is 18.3. The Bertz CT molecular complexity index is 779. The van der Waals surface area contributed by atoms with Gasteiger partial charge in [0.15, 0.2) is 0 Å². The highest BCUT2D eigenvalue weighted by Gasteiger charge is 2.35. The van der Waals surface area contributed by atoms with E-state index in [1.54, 1.807) is 14.2 Å². The first-order valence-corrected chi connectivity index (χ1v) is 11.9. The monoisotopic (exact) mass is 476 g/mol. The molecule has 0 radical (unpaired) electrons. The molecule has 1 saturated heterocycles. The molecule has 0 bridgehead atoms. The van der Waals surface area contributed by atoms with E-state index in [0.717, 1.165) is 41.2 Å². The Balaban J connectivity index is 1.55. The lowest BCUT2D eigenvalue weighted by Gasteiger charge is -2.34. The van der Waals surface area contributed by atoms with Crippen molar-refractivity contribution >= 4 is 27.5 Å². The van der Waals surface area contributed by atoms with Crippen LogP contribution in [-0.4, -0.2) is 62.9 Å². The van der Waals surface area contributed by atoms with Gasteiger partial charge in [0.2, 0.25) is 0 Å². The van der Waals surface area contributed by atoms with E-state index >= 15 is 0 Å². The Kier molecular flexibility index (Phi) is 7.29. The predicted molar refractivity (Wildman–Crippen MR) is 123 cm³/mol. The van der Waals surface area contributed by atoms with Crippen LogP contribution >= 0.6 is 15.9 Å². The number of carbonyl (C=O) groups is 1. The standard InChI is InChI=1S/C24H33BrN2O3/c1-29-22-11-10-18(13-23(22)30-2)24(28)27(20-6-3-5-19(25)14-20)16-21-7-4-12-26(21)15-17-8-9-17/h3,5-6,10,14,17,21-23H,4,7-9,11-13,15-16H2,1-2H3/t21-,22?,23?/m0/s1. The maximum Gasteiger partial charge on any atom is 0.254 e. The minimum atomic E-state index is -0.0823. The molecule has 1 amide bonds. The zero-order chi connectivity index (χ0) is 21.1. The number of amides is 1. The van der Waals surface area contributed by atoms with Gasteiger partial charge >= 0.3 is 0 Å². The molecule has 5 nitrogen and oxygen atoms in total. The molecule has 1 aliphatic heterocycles. The van der Waals surface area contributed by atoms with Gasteiger partial charge in [-0.25, -0.2) is 0 Å². The summed E-state index contributed by atoms with van der Waals surface area (Å²) in [6, 6.07) is 8.53. The molecular weight excluding hydrogens is 444 g/mol. The van der Waals surface area contributed by atoms with Crippen LogP contribution in [0.25, 0.3) is 0 Å². The number of anilines is 1. The third-order valence-corrected chi connectivity index (χ3v) is 7.25. The van der Waals surface area contributed by atoms with Crippen LogP contribution in [0.4, 0.5) is 5.69 Å². The number of ether oxygens (including phenoxy) is 2. The van der Waals surface area contributed by atoms with Gasteiger partial charge in [-0.05, 0) is 62.8 Å². The van der Waals surface area contributed by atoms with Crippen molar-refractivity contribution < 1.29 is 14.3 Å². The molecule has 3 atom stereocenters. The topological polar surface area (TPSA) is 42.0 Å². The molecule has 3 aliphatic rings. The fourth-order valence-electron chi connectivity index (χ4n) is 4.81. The number of halogens is 1. The summed E-state index contributed by atoms with van der Waals surface area (Å²) in [5.74, 6) is 0.970. The molecule has 0 N–H and O–H groups in total. The van der Waals surface area contributed by atoms with Crippen molar-refractivity contribution in [2.24, 2.45) is 5.92 Å². The van der Waals surface area contributed by atoms with Crippen LogP contribution in [0, 0.1) is 5.92 Å². The van der Waals surface area contributed by atoms with Crippen molar-refractivity contribution in [3.8, 4) is 0 Å². The molecule has 6 heteroatoms. The van der Waals surface area contributed by atoms with Gasteiger partial charge < -0.3 is 14.4 Å². The Morgan fingerprint density at radius 3 is 2.70 bits per heavy atom. The summed E-state index contributed by atoms with van der Waals surface area (Å²) >= 11 is 3.58. The SMILES string of the molecule is COC1CC=C(C(=O)N(C[C@@H]2CCCN2CC2CC2)c2cccc(Br)c2)CC1OC. The number of nitrogens with zero attached hydrogens (tertiary/aromatic N) is 2. The van der Waals surface area contributed by atoms with Gasteiger partial charge in [0, 0.05) is 55.5 Å². The summed E-state index contributed by atoms with van der Waals surface area (Å²) in [6.45, 7) is 3.09. The first kappa shape index (κ1) is 22.0. The third-order valence-electron chi connectivity index (χ3n) is 6.76. The van der Waals surface area contributed by atoms with E-state index in [2.05, 4.69) is 20.8 Å². The van der Waals surface area contributed by atoms with E-state index < -0.39 is 0 Å². The number of likely N-dealkylation sites (tertiary alicyclic amines) is 1. The van der Waals surface area contributed by atoms with Crippen molar-refractivity contribution in [3.05, 3.63) is 40.4 Å². The molecule has 164 valence electrons. The Hall–Kier alpha value is -1.21. The van der Waals surface area contributed by atoms with E-state index in [0.29, 0.717) is 18.9 Å². The van der Waals surface area contributed by atoms with Gasteiger partial charge in [0.25, 0.3) is 5.91 Å². The number of methoxy groups -OCH3 is 2. The maximum absolute atomic E-state index is 13.7. The average Bonchev–Trinajstić information content (AvgIpc) is 3.48. The molecule has 0 aromatic heterocycles. The smallest absolute Gasteiger partial charge is 0.254 e. The number of hydrogen-bond donors (Lipinski definition) is 0. The molecule has 2 fully saturated rings. The quantitative estimate of drug-likeness (QED) is 0.557. The van der Waals surface area contributed by atoms with Crippen LogP contribution in [-0.2, 0) is 14.3 Å². The van der Waals surface area contributed by atoms with Crippen molar-refractivity contribution in [2.45, 2.75) is 56.8 Å². The number of carbonyl (C=O) groups excluding carboxylic acids is 1. The zero-order valence-corrected chi connectivity index (χ0v) is 19.6. The molecule has 2 unspecified atom stereocenters. The van der Waals surface area contributed by atoms with E-state index in [1.807, 2.05) is 35.2 Å². The van der Waals surface area contributed by atoms with Crippen LogP contribution in [0.2, 0.25) is 0 Å². The summed E-state index contributed by atoms with van der Waals surface area (Å²) in [5.41, 5.74) is 1.79. The van der Waals surface area contributed by atoms with Crippen LogP contribution in [0.1, 0.15) is 38.5 Å². The first-order chi connectivity index (χ1) is 14.6. The second-order valence-electron chi connectivity index (χ2n) is 8.85. The molecule has 0 spiro atoms. The van der Waals surface area contributed by atoms with Gasteiger partial charge in [-0.2, -0.15) is 0 Å². The highest BCUT2D eigenvalue weighted by molar-refractivity contribution is 9.10. The lowest BCUT2D eigenvalue weighted by atomic mass is 9.93. The maximum atomic E-state index is 13.7. The normalized spacial score (nSPS) is 27.2. The predicted octanol–water partition coefficient (Wildman–Crippen LogP) is 4.41. The Morgan fingerprint density at radius 2 is 2.00 bits per heavy atom.